The van der Waals surface area contributed by atoms with E-state index in [1.54, 1.807) is 23.1 Å². The van der Waals surface area contributed by atoms with Crippen LogP contribution < -0.4 is 4.90 Å². The number of benzene rings is 1. The maximum atomic E-state index is 12.6. The van der Waals surface area contributed by atoms with Crippen molar-refractivity contribution in [2.45, 2.75) is 33.1 Å². The molecule has 1 aliphatic rings. The van der Waals surface area contributed by atoms with Gasteiger partial charge in [-0.3, -0.25) is 4.79 Å². The summed E-state index contributed by atoms with van der Waals surface area (Å²) >= 11 is 0. The third-order valence-electron chi connectivity index (χ3n) is 3.88. The number of hydrogen-bond acceptors (Lipinski definition) is 3. The topological polar surface area (TPSA) is 64.3 Å². The average Bonchev–Trinajstić information content (AvgIpc) is 2.34. The molecule has 0 saturated heterocycles. The second-order valence-electron chi connectivity index (χ2n) is 5.07. The van der Waals surface area contributed by atoms with Crippen molar-refractivity contribution >= 4 is 11.6 Å². The van der Waals surface area contributed by atoms with Crippen LogP contribution in [0.2, 0.25) is 0 Å². The molecule has 4 nitrogen and oxygen atoms in total. The van der Waals surface area contributed by atoms with Crippen LogP contribution in [0.4, 0.5) is 5.69 Å². The molecule has 0 spiro atoms. The van der Waals surface area contributed by atoms with Crippen molar-refractivity contribution in [3.05, 3.63) is 23.8 Å². The van der Waals surface area contributed by atoms with Crippen LogP contribution >= 0.6 is 0 Å². The Labute approximate surface area is 113 Å². The highest BCUT2D eigenvalue weighted by Crippen LogP contribution is 2.43. The van der Waals surface area contributed by atoms with E-state index in [0.717, 1.165) is 12.0 Å². The van der Waals surface area contributed by atoms with Gasteiger partial charge in [0.2, 0.25) is 5.91 Å². The Morgan fingerprint density at radius 1 is 1.53 bits per heavy atom. The Balaban J connectivity index is 2.37. The number of carbonyl (C=O) groups excluding carboxylic acids is 1. The van der Waals surface area contributed by atoms with Gasteiger partial charge < -0.3 is 10.0 Å². The van der Waals surface area contributed by atoms with E-state index in [2.05, 4.69) is 6.07 Å². The van der Waals surface area contributed by atoms with Crippen LogP contribution in [0, 0.1) is 23.7 Å². The maximum absolute atomic E-state index is 12.6. The molecule has 0 aromatic heterocycles. The molecule has 1 amide bonds. The lowest BCUT2D eigenvalue weighted by Crippen LogP contribution is -2.47. The van der Waals surface area contributed by atoms with E-state index in [1.165, 1.54) is 0 Å². The smallest absolute Gasteiger partial charge is 0.247 e. The van der Waals surface area contributed by atoms with Crippen molar-refractivity contribution < 1.29 is 9.90 Å². The molecule has 1 N–H and O–H groups in total. The first kappa shape index (κ1) is 13.4. The number of aromatic hydroxyl groups is 1. The second-order valence-corrected chi connectivity index (χ2v) is 5.07. The summed E-state index contributed by atoms with van der Waals surface area (Å²) in [4.78, 5) is 14.2. The molecule has 0 atom stereocenters. The predicted molar refractivity (Wildman–Crippen MR) is 72.8 cm³/mol. The molecule has 0 unspecified atom stereocenters. The van der Waals surface area contributed by atoms with E-state index in [-0.39, 0.29) is 11.7 Å². The molecule has 1 aromatic carbocycles. The summed E-state index contributed by atoms with van der Waals surface area (Å²) < 4.78 is 0. The quantitative estimate of drug-likeness (QED) is 0.906. The molecule has 1 aliphatic carbocycles. The van der Waals surface area contributed by atoms with Gasteiger partial charge in [-0.1, -0.05) is 6.07 Å². The number of hydrogen-bond donors (Lipinski definition) is 1. The lowest BCUT2D eigenvalue weighted by Gasteiger charge is -2.38. The van der Waals surface area contributed by atoms with E-state index >= 15 is 0 Å². The van der Waals surface area contributed by atoms with Crippen LogP contribution in [0.3, 0.4) is 0 Å². The Kier molecular flexibility index (Phi) is 3.48. The van der Waals surface area contributed by atoms with Crippen molar-refractivity contribution in [1.29, 1.82) is 5.26 Å². The van der Waals surface area contributed by atoms with Crippen LogP contribution in [0.1, 0.15) is 31.7 Å². The van der Waals surface area contributed by atoms with Crippen LogP contribution in [0.25, 0.3) is 0 Å². The van der Waals surface area contributed by atoms with Gasteiger partial charge in [0, 0.05) is 12.6 Å². The third kappa shape index (κ3) is 2.17. The standard InChI is InChI=1S/C15H18N2O2/c1-3-17(13-9-12(18)6-5-11(13)2)14(19)15(10-16)7-4-8-15/h5-6,9,18H,3-4,7-8H2,1-2H3. The summed E-state index contributed by atoms with van der Waals surface area (Å²) in [7, 11) is 0. The number of anilines is 1. The van der Waals surface area contributed by atoms with E-state index in [4.69, 9.17) is 0 Å². The minimum absolute atomic E-state index is 0.131. The van der Waals surface area contributed by atoms with Gasteiger partial charge in [-0.25, -0.2) is 0 Å². The first-order valence-electron chi connectivity index (χ1n) is 6.57. The Bertz CT molecular complexity index is 542. The minimum Gasteiger partial charge on any atom is -0.508 e. The normalized spacial score (nSPS) is 16.3. The maximum Gasteiger partial charge on any atom is 0.247 e. The van der Waals surface area contributed by atoms with Crippen molar-refractivity contribution in [1.82, 2.24) is 0 Å². The number of nitrogens with zero attached hydrogens (tertiary/aromatic N) is 2. The zero-order valence-electron chi connectivity index (χ0n) is 11.3. The zero-order chi connectivity index (χ0) is 14.0. The predicted octanol–water partition coefficient (Wildman–Crippen LogP) is 2.75. The molecule has 4 heteroatoms. The summed E-state index contributed by atoms with van der Waals surface area (Å²) in [5.41, 5.74) is 0.753. The molecule has 1 fully saturated rings. The molecule has 0 heterocycles. The molecule has 2 rings (SSSR count). The lowest BCUT2D eigenvalue weighted by atomic mass is 9.69. The van der Waals surface area contributed by atoms with Gasteiger partial charge in [-0.05, 0) is 44.7 Å². The first-order valence-corrected chi connectivity index (χ1v) is 6.57. The highest BCUT2D eigenvalue weighted by molar-refractivity contribution is 6.00. The number of carbonyl (C=O) groups is 1. The SMILES string of the molecule is CCN(C(=O)C1(C#N)CCC1)c1cc(O)ccc1C. The number of aryl methyl sites for hydroxylation is 1. The van der Waals surface area contributed by atoms with Crippen molar-refractivity contribution in [2.24, 2.45) is 5.41 Å². The zero-order valence-corrected chi connectivity index (χ0v) is 11.3. The number of nitriles is 1. The third-order valence-corrected chi connectivity index (χ3v) is 3.88. The van der Waals surface area contributed by atoms with Gasteiger partial charge in [-0.15, -0.1) is 0 Å². The number of amides is 1. The number of rotatable bonds is 3. The van der Waals surface area contributed by atoms with E-state index in [0.29, 0.717) is 25.1 Å². The Hall–Kier alpha value is -2.02. The molecule has 100 valence electrons. The van der Waals surface area contributed by atoms with E-state index < -0.39 is 5.41 Å². The van der Waals surface area contributed by atoms with E-state index in [9.17, 15) is 15.2 Å². The molecule has 19 heavy (non-hydrogen) atoms. The van der Waals surface area contributed by atoms with Crippen LogP contribution in [-0.2, 0) is 4.79 Å². The summed E-state index contributed by atoms with van der Waals surface area (Å²) in [5, 5.41) is 18.9. The highest BCUT2D eigenvalue weighted by Gasteiger charge is 2.47. The lowest BCUT2D eigenvalue weighted by molar-refractivity contribution is -0.128. The Morgan fingerprint density at radius 3 is 2.68 bits per heavy atom. The average molecular weight is 258 g/mol. The van der Waals surface area contributed by atoms with Crippen molar-refractivity contribution in [3.63, 3.8) is 0 Å². The fourth-order valence-corrected chi connectivity index (χ4v) is 2.47. The number of phenols is 1. The largest absolute Gasteiger partial charge is 0.508 e. The second kappa shape index (κ2) is 4.93. The van der Waals surface area contributed by atoms with Crippen molar-refractivity contribution in [3.8, 4) is 11.8 Å². The van der Waals surface area contributed by atoms with Crippen LogP contribution in [0.15, 0.2) is 18.2 Å². The summed E-state index contributed by atoms with van der Waals surface area (Å²) in [5.74, 6) is -0.0103. The molecule has 1 saturated carbocycles. The van der Waals surface area contributed by atoms with Crippen LogP contribution in [0.5, 0.6) is 5.75 Å². The Morgan fingerprint density at radius 2 is 2.21 bits per heavy atom. The van der Waals surface area contributed by atoms with Gasteiger partial charge in [0.25, 0.3) is 0 Å². The summed E-state index contributed by atoms with van der Waals surface area (Å²) in [6.07, 6.45) is 2.20. The van der Waals surface area contributed by atoms with Gasteiger partial charge in [0.15, 0.2) is 0 Å². The molecule has 0 bridgehead atoms. The van der Waals surface area contributed by atoms with Crippen molar-refractivity contribution in [2.75, 3.05) is 11.4 Å². The molecule has 0 aliphatic heterocycles. The minimum atomic E-state index is -0.853. The summed E-state index contributed by atoms with van der Waals surface area (Å²) in [6, 6.07) is 7.14. The first-order chi connectivity index (χ1) is 9.04. The molecule has 1 aromatic rings. The molecular weight excluding hydrogens is 240 g/mol. The van der Waals surface area contributed by atoms with Gasteiger partial charge in [0.1, 0.15) is 11.2 Å². The fourth-order valence-electron chi connectivity index (χ4n) is 2.47. The summed E-state index contributed by atoms with van der Waals surface area (Å²) in [6.45, 7) is 4.27. The number of phenolic OH excluding ortho intramolecular Hbond substituents is 1. The van der Waals surface area contributed by atoms with Crippen LogP contribution in [-0.4, -0.2) is 17.6 Å². The van der Waals surface area contributed by atoms with Gasteiger partial charge in [0.05, 0.1) is 11.8 Å². The molecular formula is C15H18N2O2. The van der Waals surface area contributed by atoms with E-state index in [1.807, 2.05) is 13.8 Å². The highest BCUT2D eigenvalue weighted by atomic mass is 16.3. The molecule has 0 radical (unpaired) electrons. The van der Waals surface area contributed by atoms with Gasteiger partial charge >= 0.3 is 0 Å². The van der Waals surface area contributed by atoms with Gasteiger partial charge in [-0.2, -0.15) is 5.26 Å². The fraction of sp³-hybridized carbons (Fsp3) is 0.467. The monoisotopic (exact) mass is 258 g/mol.